The number of allylic oxidation sites excluding steroid dienone is 3. The minimum atomic E-state index is -4.79. The summed E-state index contributed by atoms with van der Waals surface area (Å²) < 4.78 is 43.1. The molecule has 0 spiro atoms. The van der Waals surface area contributed by atoms with Crippen LogP contribution < -0.4 is 15.1 Å². The molecule has 1 aromatic carbocycles. The van der Waals surface area contributed by atoms with Crippen LogP contribution in [0.15, 0.2) is 48.5 Å². The van der Waals surface area contributed by atoms with Gasteiger partial charge in [0.15, 0.2) is 0 Å². The van der Waals surface area contributed by atoms with Crippen molar-refractivity contribution in [3.05, 3.63) is 65.3 Å². The number of carbonyl (C=O) groups excluding carboxylic acids is 1. The van der Waals surface area contributed by atoms with Crippen molar-refractivity contribution >= 4 is 29.1 Å². The number of aryl methyl sites for hydroxylation is 1. The Bertz CT molecular complexity index is 1560. The van der Waals surface area contributed by atoms with Gasteiger partial charge in [-0.1, -0.05) is 37.5 Å². The fraction of sp³-hybridized carbons (Fsp3) is 0.400. The van der Waals surface area contributed by atoms with Crippen LogP contribution in [0.2, 0.25) is 0 Å². The number of imidazole rings is 1. The molecule has 0 radical (unpaired) electrons. The number of alkyl halides is 3. The van der Waals surface area contributed by atoms with Crippen molar-refractivity contribution in [1.82, 2.24) is 19.9 Å². The number of hydrogen-bond donors (Lipinski definition) is 2. The Balaban J connectivity index is 1.26. The number of benzene rings is 1. The first-order valence-electron chi connectivity index (χ1n) is 14.2. The molecule has 0 bridgehead atoms. The molecule has 12 heteroatoms. The minimum Gasteiger partial charge on any atom is -0.405 e. The second-order valence-corrected chi connectivity index (χ2v) is 10.9. The molecule has 0 saturated heterocycles. The second-order valence-electron chi connectivity index (χ2n) is 10.9. The third kappa shape index (κ3) is 5.70. The molecule has 1 fully saturated rings. The zero-order valence-electron chi connectivity index (χ0n) is 23.5. The molecule has 220 valence electrons. The highest BCUT2D eigenvalue weighted by atomic mass is 19.4. The van der Waals surface area contributed by atoms with E-state index in [1.54, 1.807) is 24.2 Å². The predicted molar refractivity (Wildman–Crippen MR) is 154 cm³/mol. The zero-order valence-corrected chi connectivity index (χ0v) is 23.5. The Hall–Kier alpha value is -4.35. The third-order valence-electron chi connectivity index (χ3n) is 7.97. The number of aromatic nitrogens is 4. The van der Waals surface area contributed by atoms with Gasteiger partial charge < -0.3 is 15.0 Å². The molecule has 9 nitrogen and oxygen atoms in total. The number of aromatic amines is 1. The van der Waals surface area contributed by atoms with E-state index >= 15 is 0 Å². The van der Waals surface area contributed by atoms with Crippen molar-refractivity contribution < 1.29 is 22.7 Å². The molecule has 3 aliphatic rings. The van der Waals surface area contributed by atoms with Gasteiger partial charge in [0.25, 0.3) is 0 Å². The SMILES string of the molecule is Cc1ccc(-c2ncc(C3=C(OC(F)(F)F)C=CCC3)[nH]2)cc1N1Cc2cnc(NC3CCCCC3)nc2N(C)C1=O. The number of hydrogen-bond acceptors (Lipinski definition) is 6. The summed E-state index contributed by atoms with van der Waals surface area (Å²) in [5, 5.41) is 3.43. The summed E-state index contributed by atoms with van der Waals surface area (Å²) in [5.74, 6) is 1.35. The molecule has 0 unspecified atom stereocenters. The lowest BCUT2D eigenvalue weighted by molar-refractivity contribution is -0.303. The standard InChI is InChI=1S/C30H32F3N7O2/c1-18-12-13-19(26-34-16-23(37-26)22-10-6-7-11-25(22)42-30(31,32)33)14-24(18)40-17-20-15-35-28(36-21-8-4-3-5-9-21)38-27(20)39(2)29(40)41/h7,11-16,21H,3-6,8-10,17H2,1-2H3,(H,34,37)(H,35,36,38). The molecule has 42 heavy (non-hydrogen) atoms. The van der Waals surface area contributed by atoms with Gasteiger partial charge in [0, 0.05) is 41.7 Å². The third-order valence-corrected chi connectivity index (χ3v) is 7.97. The van der Waals surface area contributed by atoms with E-state index in [9.17, 15) is 18.0 Å². The van der Waals surface area contributed by atoms with Gasteiger partial charge in [-0.15, -0.1) is 13.2 Å². The lowest BCUT2D eigenvalue weighted by atomic mass is 9.96. The van der Waals surface area contributed by atoms with Gasteiger partial charge in [0.1, 0.15) is 17.4 Å². The maximum absolute atomic E-state index is 13.6. The van der Waals surface area contributed by atoms with Crippen LogP contribution in [-0.4, -0.2) is 45.4 Å². The number of amides is 2. The Morgan fingerprint density at radius 3 is 2.71 bits per heavy atom. The summed E-state index contributed by atoms with van der Waals surface area (Å²) in [6.07, 6.45) is 8.28. The first kappa shape index (κ1) is 27.8. The monoisotopic (exact) mass is 579 g/mol. The molecular formula is C30H32F3N7O2. The van der Waals surface area contributed by atoms with Gasteiger partial charge in [0.2, 0.25) is 5.95 Å². The molecule has 2 amide bonds. The van der Waals surface area contributed by atoms with Crippen LogP contribution in [0.1, 0.15) is 61.8 Å². The van der Waals surface area contributed by atoms with E-state index in [0.29, 0.717) is 65.5 Å². The number of carbonyl (C=O) groups is 1. The molecule has 3 heterocycles. The summed E-state index contributed by atoms with van der Waals surface area (Å²) in [6, 6.07) is 5.74. The first-order valence-corrected chi connectivity index (χ1v) is 14.2. The van der Waals surface area contributed by atoms with E-state index in [0.717, 1.165) is 24.0 Å². The molecular weight excluding hydrogens is 547 g/mol. The van der Waals surface area contributed by atoms with Crippen LogP contribution in [0.5, 0.6) is 0 Å². The fourth-order valence-corrected chi connectivity index (χ4v) is 5.79. The smallest absolute Gasteiger partial charge is 0.405 e. The topological polar surface area (TPSA) is 99.3 Å². The van der Waals surface area contributed by atoms with E-state index in [2.05, 4.69) is 30.0 Å². The Kier molecular flexibility index (Phi) is 7.38. The summed E-state index contributed by atoms with van der Waals surface area (Å²) >= 11 is 0. The lowest BCUT2D eigenvalue weighted by Gasteiger charge is -2.35. The van der Waals surface area contributed by atoms with Crippen molar-refractivity contribution in [1.29, 1.82) is 0 Å². The summed E-state index contributed by atoms with van der Waals surface area (Å²) in [5.41, 5.74) is 3.95. The Morgan fingerprint density at radius 1 is 1.12 bits per heavy atom. The first-order chi connectivity index (χ1) is 20.2. The number of anilines is 3. The highest BCUT2D eigenvalue weighted by molar-refractivity contribution is 6.05. The maximum atomic E-state index is 13.6. The Labute approximate surface area is 241 Å². The summed E-state index contributed by atoms with van der Waals surface area (Å²) in [6.45, 7) is 2.22. The highest BCUT2D eigenvalue weighted by Gasteiger charge is 2.34. The van der Waals surface area contributed by atoms with Gasteiger partial charge in [-0.25, -0.2) is 14.8 Å². The van der Waals surface area contributed by atoms with Crippen molar-refractivity contribution in [3.8, 4) is 11.4 Å². The summed E-state index contributed by atoms with van der Waals surface area (Å²) in [4.78, 5) is 33.6. The molecule has 1 saturated carbocycles. The average molecular weight is 580 g/mol. The number of fused-ring (bicyclic) bond motifs is 1. The normalized spacial score (nSPS) is 18.0. The molecule has 2 aliphatic carbocycles. The highest BCUT2D eigenvalue weighted by Crippen LogP contribution is 2.36. The van der Waals surface area contributed by atoms with Crippen molar-refractivity contribution in [3.63, 3.8) is 0 Å². The lowest BCUT2D eigenvalue weighted by Crippen LogP contribution is -2.46. The van der Waals surface area contributed by atoms with Crippen molar-refractivity contribution in [2.24, 2.45) is 0 Å². The van der Waals surface area contributed by atoms with Gasteiger partial charge in [0.05, 0.1) is 18.4 Å². The van der Waals surface area contributed by atoms with E-state index in [-0.39, 0.29) is 11.8 Å². The van der Waals surface area contributed by atoms with E-state index in [1.807, 2.05) is 25.1 Å². The fourth-order valence-electron chi connectivity index (χ4n) is 5.79. The van der Waals surface area contributed by atoms with E-state index < -0.39 is 6.36 Å². The zero-order chi connectivity index (χ0) is 29.4. The molecule has 6 rings (SSSR count). The predicted octanol–water partition coefficient (Wildman–Crippen LogP) is 7.09. The van der Waals surface area contributed by atoms with Gasteiger partial charge in [-0.2, -0.15) is 4.98 Å². The number of H-pyrrole nitrogens is 1. The van der Waals surface area contributed by atoms with Crippen LogP contribution in [0, 0.1) is 6.92 Å². The minimum absolute atomic E-state index is 0.224. The number of nitrogens with one attached hydrogen (secondary N) is 2. The molecule has 1 aliphatic heterocycles. The quantitative estimate of drug-likeness (QED) is 0.323. The van der Waals surface area contributed by atoms with Crippen LogP contribution in [0.3, 0.4) is 0 Å². The van der Waals surface area contributed by atoms with Crippen molar-refractivity contribution in [2.75, 3.05) is 22.2 Å². The largest absolute Gasteiger partial charge is 0.573 e. The number of rotatable bonds is 6. The number of halogens is 3. The van der Waals surface area contributed by atoms with E-state index in [1.165, 1.54) is 36.4 Å². The van der Waals surface area contributed by atoms with E-state index in [4.69, 9.17) is 0 Å². The van der Waals surface area contributed by atoms with Crippen LogP contribution in [0.25, 0.3) is 17.0 Å². The van der Waals surface area contributed by atoms with Crippen LogP contribution >= 0.6 is 0 Å². The van der Waals surface area contributed by atoms with Gasteiger partial charge in [-0.3, -0.25) is 9.80 Å². The Morgan fingerprint density at radius 2 is 1.93 bits per heavy atom. The average Bonchev–Trinajstić information content (AvgIpc) is 3.46. The second kappa shape index (κ2) is 11.1. The molecule has 3 aromatic rings. The van der Waals surface area contributed by atoms with Gasteiger partial charge in [-0.05, 0) is 50.3 Å². The molecule has 2 N–H and O–H groups in total. The number of ether oxygens (including phenoxy) is 1. The molecule has 0 atom stereocenters. The number of urea groups is 1. The van der Waals surface area contributed by atoms with Crippen molar-refractivity contribution in [2.45, 2.75) is 70.8 Å². The maximum Gasteiger partial charge on any atom is 0.573 e. The van der Waals surface area contributed by atoms with Gasteiger partial charge >= 0.3 is 12.4 Å². The van der Waals surface area contributed by atoms with Crippen LogP contribution in [0.4, 0.5) is 35.4 Å². The number of nitrogens with zero attached hydrogens (tertiary/aromatic N) is 5. The molecule has 2 aromatic heterocycles. The van der Waals surface area contributed by atoms with Crippen LogP contribution in [-0.2, 0) is 11.3 Å². The summed E-state index contributed by atoms with van der Waals surface area (Å²) in [7, 11) is 1.70.